The zero-order valence-corrected chi connectivity index (χ0v) is 15.7. The summed E-state index contributed by atoms with van der Waals surface area (Å²) in [5, 5.41) is 0. The van der Waals surface area contributed by atoms with Gasteiger partial charge in [-0.2, -0.15) is 0 Å². The van der Waals surface area contributed by atoms with Crippen molar-refractivity contribution < 1.29 is 19.1 Å². The monoisotopic (exact) mass is 384 g/mol. The van der Waals surface area contributed by atoms with Crippen molar-refractivity contribution in [3.8, 4) is 0 Å². The number of carbonyl (C=O) groups excluding carboxylic acids is 2. The summed E-state index contributed by atoms with van der Waals surface area (Å²) in [6.07, 6.45) is 6.39. The smallest absolute Gasteiger partial charge is 0.255 e. The minimum Gasteiger partial charge on any atom is -0.378 e. The number of pyridine rings is 2. The Morgan fingerprint density at radius 2 is 1.11 bits per heavy atom. The van der Waals surface area contributed by atoms with Crippen LogP contribution < -0.4 is 0 Å². The van der Waals surface area contributed by atoms with E-state index in [-0.39, 0.29) is 11.8 Å². The van der Waals surface area contributed by atoms with E-state index in [1.54, 1.807) is 58.9 Å². The van der Waals surface area contributed by atoms with Gasteiger partial charge in [0.05, 0.1) is 37.6 Å². The zero-order valence-electron chi connectivity index (χ0n) is 15.7. The molecule has 28 heavy (non-hydrogen) atoms. The molecule has 1 aliphatic heterocycles. The molecule has 3 rings (SSSR count). The van der Waals surface area contributed by atoms with Crippen LogP contribution in [0.5, 0.6) is 0 Å². The lowest BCUT2D eigenvalue weighted by molar-refractivity contribution is 0.0304. The topological polar surface area (TPSA) is 84.9 Å². The molecule has 8 nitrogen and oxygen atoms in total. The van der Waals surface area contributed by atoms with Gasteiger partial charge in [0.25, 0.3) is 11.8 Å². The van der Waals surface area contributed by atoms with Crippen LogP contribution in [0, 0.1) is 0 Å². The van der Waals surface area contributed by atoms with Crippen LogP contribution in [0.3, 0.4) is 0 Å². The van der Waals surface area contributed by atoms with E-state index >= 15 is 0 Å². The molecular weight excluding hydrogens is 360 g/mol. The number of carbonyl (C=O) groups is 2. The van der Waals surface area contributed by atoms with Crippen molar-refractivity contribution in [3.63, 3.8) is 0 Å². The molecule has 0 aromatic carbocycles. The predicted octanol–water partition coefficient (Wildman–Crippen LogP) is 1.11. The summed E-state index contributed by atoms with van der Waals surface area (Å²) in [6.45, 7) is 3.37. The largest absolute Gasteiger partial charge is 0.378 e. The van der Waals surface area contributed by atoms with Crippen LogP contribution >= 0.6 is 0 Å². The molecule has 0 aliphatic carbocycles. The number of hydrogen-bond acceptors (Lipinski definition) is 6. The van der Waals surface area contributed by atoms with Crippen LogP contribution in [0.15, 0.2) is 49.1 Å². The van der Waals surface area contributed by atoms with E-state index in [9.17, 15) is 9.59 Å². The van der Waals surface area contributed by atoms with Crippen molar-refractivity contribution in [1.82, 2.24) is 19.8 Å². The number of rotatable bonds is 2. The van der Waals surface area contributed by atoms with E-state index in [4.69, 9.17) is 9.47 Å². The first-order valence-corrected chi connectivity index (χ1v) is 9.30. The molecule has 0 unspecified atom stereocenters. The molecule has 1 fully saturated rings. The second-order valence-electron chi connectivity index (χ2n) is 6.29. The Bertz CT molecular complexity index is 680. The van der Waals surface area contributed by atoms with Gasteiger partial charge in [0.2, 0.25) is 0 Å². The number of amides is 2. The normalized spacial score (nSPS) is 16.7. The fourth-order valence-electron chi connectivity index (χ4n) is 2.88. The Hall–Kier alpha value is -2.84. The van der Waals surface area contributed by atoms with Gasteiger partial charge in [-0.25, -0.2) is 0 Å². The third kappa shape index (κ3) is 5.58. The fourth-order valence-corrected chi connectivity index (χ4v) is 2.88. The maximum Gasteiger partial charge on any atom is 0.255 e. The number of hydrogen-bond donors (Lipinski definition) is 0. The molecule has 2 aromatic heterocycles. The van der Waals surface area contributed by atoms with Crippen LogP contribution in [0.25, 0.3) is 0 Å². The Kier molecular flexibility index (Phi) is 7.45. The average molecular weight is 384 g/mol. The van der Waals surface area contributed by atoms with Gasteiger partial charge in [0.15, 0.2) is 0 Å². The van der Waals surface area contributed by atoms with Gasteiger partial charge in [-0.15, -0.1) is 0 Å². The molecule has 0 N–H and O–H groups in total. The minimum absolute atomic E-state index is 0.0919. The lowest BCUT2D eigenvalue weighted by Gasteiger charge is -2.26. The summed E-state index contributed by atoms with van der Waals surface area (Å²) in [6, 6.07) is 6.97. The molecule has 0 radical (unpaired) electrons. The van der Waals surface area contributed by atoms with E-state index in [0.717, 1.165) is 0 Å². The van der Waals surface area contributed by atoms with Gasteiger partial charge in [-0.3, -0.25) is 19.6 Å². The number of aromatic nitrogens is 2. The van der Waals surface area contributed by atoms with Crippen LogP contribution in [0.4, 0.5) is 0 Å². The third-order valence-electron chi connectivity index (χ3n) is 4.41. The Morgan fingerprint density at radius 1 is 0.714 bits per heavy atom. The summed E-state index contributed by atoms with van der Waals surface area (Å²) in [5.74, 6) is -0.184. The van der Waals surface area contributed by atoms with Crippen LogP contribution in [-0.2, 0) is 9.47 Å². The maximum absolute atomic E-state index is 12.6. The van der Waals surface area contributed by atoms with Crippen LogP contribution in [0.1, 0.15) is 20.7 Å². The highest BCUT2D eigenvalue weighted by Crippen LogP contribution is 2.06. The lowest BCUT2D eigenvalue weighted by atomic mass is 10.2. The van der Waals surface area contributed by atoms with E-state index < -0.39 is 0 Å². The van der Waals surface area contributed by atoms with Crippen molar-refractivity contribution >= 4 is 11.8 Å². The molecule has 1 saturated heterocycles. The average Bonchev–Trinajstić information content (AvgIpc) is 2.74. The van der Waals surface area contributed by atoms with Gasteiger partial charge < -0.3 is 19.3 Å². The predicted molar refractivity (Wildman–Crippen MR) is 102 cm³/mol. The SMILES string of the molecule is O=C(c1cccnc1)N1CCOCCN(C(=O)c2cccnc2)CCOCC1. The molecule has 1 aliphatic rings. The van der Waals surface area contributed by atoms with Crippen molar-refractivity contribution in [2.45, 2.75) is 0 Å². The first kappa shape index (κ1) is 19.9. The molecule has 0 saturated carbocycles. The first-order valence-electron chi connectivity index (χ1n) is 9.30. The van der Waals surface area contributed by atoms with E-state index in [1.165, 1.54) is 0 Å². The highest BCUT2D eigenvalue weighted by atomic mass is 16.5. The number of nitrogens with zero attached hydrogens (tertiary/aromatic N) is 4. The number of ether oxygens (including phenoxy) is 2. The molecule has 2 aromatic rings. The van der Waals surface area contributed by atoms with Gasteiger partial charge in [0, 0.05) is 51.0 Å². The molecule has 0 bridgehead atoms. The summed E-state index contributed by atoms with van der Waals surface area (Å²) >= 11 is 0. The first-order chi connectivity index (χ1) is 13.8. The zero-order chi connectivity index (χ0) is 19.6. The van der Waals surface area contributed by atoms with Gasteiger partial charge >= 0.3 is 0 Å². The molecular formula is C20H24N4O4. The summed E-state index contributed by atoms with van der Waals surface area (Å²) in [4.78, 5) is 36.7. The van der Waals surface area contributed by atoms with E-state index in [1.807, 2.05) is 0 Å². The Morgan fingerprint density at radius 3 is 1.43 bits per heavy atom. The molecule has 8 heteroatoms. The standard InChI is InChI=1S/C20H24N4O4/c25-19(17-3-1-5-21-15-17)23-7-11-27-13-9-24(10-14-28-12-8-23)20(26)18-4-2-6-22-16-18/h1-6,15-16H,7-14H2. The van der Waals surface area contributed by atoms with Crippen molar-refractivity contribution in [2.24, 2.45) is 0 Å². The quantitative estimate of drug-likeness (QED) is 0.771. The summed E-state index contributed by atoms with van der Waals surface area (Å²) in [7, 11) is 0. The van der Waals surface area contributed by atoms with Crippen molar-refractivity contribution in [3.05, 3.63) is 60.2 Å². The van der Waals surface area contributed by atoms with Crippen LogP contribution in [0.2, 0.25) is 0 Å². The molecule has 0 atom stereocenters. The minimum atomic E-state index is -0.0919. The highest BCUT2D eigenvalue weighted by molar-refractivity contribution is 5.94. The summed E-state index contributed by atoms with van der Waals surface area (Å²) in [5.41, 5.74) is 1.09. The highest BCUT2D eigenvalue weighted by Gasteiger charge is 2.18. The van der Waals surface area contributed by atoms with E-state index in [0.29, 0.717) is 63.7 Å². The van der Waals surface area contributed by atoms with Crippen molar-refractivity contribution in [2.75, 3.05) is 52.6 Å². The second-order valence-corrected chi connectivity index (χ2v) is 6.29. The van der Waals surface area contributed by atoms with Gasteiger partial charge in [-0.05, 0) is 24.3 Å². The van der Waals surface area contributed by atoms with Crippen LogP contribution in [-0.4, -0.2) is 84.2 Å². The fraction of sp³-hybridized carbons (Fsp3) is 0.400. The second kappa shape index (κ2) is 10.5. The Balaban J connectivity index is 1.56. The molecule has 148 valence electrons. The molecule has 0 spiro atoms. The van der Waals surface area contributed by atoms with Crippen molar-refractivity contribution in [1.29, 1.82) is 0 Å². The summed E-state index contributed by atoms with van der Waals surface area (Å²) < 4.78 is 11.4. The van der Waals surface area contributed by atoms with Gasteiger partial charge in [-0.1, -0.05) is 0 Å². The van der Waals surface area contributed by atoms with Gasteiger partial charge in [0.1, 0.15) is 0 Å². The van der Waals surface area contributed by atoms with E-state index in [2.05, 4.69) is 9.97 Å². The maximum atomic E-state index is 12.6. The Labute approximate surface area is 164 Å². The third-order valence-corrected chi connectivity index (χ3v) is 4.41. The molecule has 3 heterocycles. The molecule has 2 amide bonds. The lowest BCUT2D eigenvalue weighted by Crippen LogP contribution is -2.40.